The number of aliphatic hydroxyl groups is 1. The predicted molar refractivity (Wildman–Crippen MR) is 100.0 cm³/mol. The van der Waals surface area contributed by atoms with Crippen LogP contribution >= 0.6 is 0 Å². The standard InChI is InChI=1S/C19H29N3O4/c1-21(11-5-15-23)18(24)10-14-22-12-8-17(9-13-22)26-19(25)20-16-6-3-2-4-7-16/h2-4,6-7,17,23H,5,8-15H2,1H3,(H,20,25). The van der Waals surface area contributed by atoms with Crippen LogP contribution in [0.25, 0.3) is 0 Å². The van der Waals surface area contributed by atoms with Crippen LogP contribution in [0.1, 0.15) is 25.7 Å². The Morgan fingerprint density at radius 3 is 2.62 bits per heavy atom. The number of nitrogens with zero attached hydrogens (tertiary/aromatic N) is 2. The van der Waals surface area contributed by atoms with E-state index in [4.69, 9.17) is 9.84 Å². The average molecular weight is 363 g/mol. The van der Waals surface area contributed by atoms with Crippen molar-refractivity contribution in [1.82, 2.24) is 9.80 Å². The van der Waals surface area contributed by atoms with Crippen LogP contribution < -0.4 is 5.32 Å². The summed E-state index contributed by atoms with van der Waals surface area (Å²) < 4.78 is 5.48. The van der Waals surface area contributed by atoms with Crippen molar-refractivity contribution in [3.05, 3.63) is 30.3 Å². The molecule has 0 aromatic heterocycles. The minimum Gasteiger partial charge on any atom is -0.446 e. The molecule has 0 atom stereocenters. The zero-order chi connectivity index (χ0) is 18.8. The third-order valence-electron chi connectivity index (χ3n) is 4.55. The SMILES string of the molecule is CN(CCCO)C(=O)CCN1CCC(OC(=O)Nc2ccccc2)CC1. The van der Waals surface area contributed by atoms with Crippen LogP contribution in [0.4, 0.5) is 10.5 Å². The number of hydrogen-bond donors (Lipinski definition) is 2. The van der Waals surface area contributed by atoms with Crippen molar-refractivity contribution in [2.45, 2.75) is 31.8 Å². The monoisotopic (exact) mass is 363 g/mol. The molecule has 26 heavy (non-hydrogen) atoms. The van der Waals surface area contributed by atoms with Gasteiger partial charge in [-0.05, 0) is 31.4 Å². The van der Waals surface area contributed by atoms with Crippen LogP contribution in [0.2, 0.25) is 0 Å². The van der Waals surface area contributed by atoms with E-state index in [1.54, 1.807) is 11.9 Å². The number of aliphatic hydroxyl groups excluding tert-OH is 1. The van der Waals surface area contributed by atoms with Gasteiger partial charge < -0.3 is 19.6 Å². The first kappa shape index (κ1) is 20.2. The smallest absolute Gasteiger partial charge is 0.411 e. The summed E-state index contributed by atoms with van der Waals surface area (Å²) in [6, 6.07) is 9.24. The third-order valence-corrected chi connectivity index (χ3v) is 4.55. The molecular formula is C19H29N3O4. The molecule has 2 rings (SSSR count). The molecule has 1 aromatic rings. The van der Waals surface area contributed by atoms with E-state index in [9.17, 15) is 9.59 Å². The quantitative estimate of drug-likeness (QED) is 0.737. The lowest BCUT2D eigenvalue weighted by atomic mass is 10.1. The van der Waals surface area contributed by atoms with Crippen molar-refractivity contribution >= 4 is 17.7 Å². The molecule has 1 fully saturated rings. The zero-order valence-corrected chi connectivity index (χ0v) is 15.4. The fourth-order valence-corrected chi connectivity index (χ4v) is 2.95. The first-order valence-corrected chi connectivity index (χ1v) is 9.18. The van der Waals surface area contributed by atoms with Crippen molar-refractivity contribution in [2.24, 2.45) is 0 Å². The topological polar surface area (TPSA) is 82.1 Å². The summed E-state index contributed by atoms with van der Waals surface area (Å²) >= 11 is 0. The van der Waals surface area contributed by atoms with E-state index in [0.717, 1.165) is 31.6 Å². The molecular weight excluding hydrogens is 334 g/mol. The van der Waals surface area contributed by atoms with Gasteiger partial charge in [-0.2, -0.15) is 0 Å². The zero-order valence-electron chi connectivity index (χ0n) is 15.4. The highest BCUT2D eigenvalue weighted by atomic mass is 16.6. The lowest BCUT2D eigenvalue weighted by molar-refractivity contribution is -0.130. The van der Waals surface area contributed by atoms with Crippen molar-refractivity contribution in [3.63, 3.8) is 0 Å². The number of ether oxygens (including phenoxy) is 1. The molecule has 2 N–H and O–H groups in total. The summed E-state index contributed by atoms with van der Waals surface area (Å²) in [6.45, 7) is 3.03. The Morgan fingerprint density at radius 2 is 1.96 bits per heavy atom. The molecule has 0 unspecified atom stereocenters. The lowest BCUT2D eigenvalue weighted by Gasteiger charge is -2.31. The Morgan fingerprint density at radius 1 is 1.27 bits per heavy atom. The number of benzene rings is 1. The van der Waals surface area contributed by atoms with Gasteiger partial charge in [-0.1, -0.05) is 18.2 Å². The first-order chi connectivity index (χ1) is 12.6. The Balaban J connectivity index is 1.62. The Kier molecular flexibility index (Phi) is 8.37. The normalized spacial score (nSPS) is 15.5. The maximum absolute atomic E-state index is 12.0. The number of hydrogen-bond acceptors (Lipinski definition) is 5. The van der Waals surface area contributed by atoms with Crippen molar-refractivity contribution < 1.29 is 19.4 Å². The van der Waals surface area contributed by atoms with Gasteiger partial charge in [-0.15, -0.1) is 0 Å². The molecule has 1 aliphatic heterocycles. The van der Waals surface area contributed by atoms with Gasteiger partial charge in [-0.25, -0.2) is 4.79 Å². The number of amides is 2. The van der Waals surface area contributed by atoms with Gasteiger partial charge in [0.2, 0.25) is 5.91 Å². The number of rotatable bonds is 8. The number of likely N-dealkylation sites (tertiary alicyclic amines) is 1. The second kappa shape index (κ2) is 10.8. The highest BCUT2D eigenvalue weighted by molar-refractivity contribution is 5.84. The summed E-state index contributed by atoms with van der Waals surface area (Å²) in [5, 5.41) is 11.5. The van der Waals surface area contributed by atoms with Crippen LogP contribution in [0.5, 0.6) is 0 Å². The fraction of sp³-hybridized carbons (Fsp3) is 0.579. The van der Waals surface area contributed by atoms with E-state index in [-0.39, 0.29) is 18.6 Å². The fourth-order valence-electron chi connectivity index (χ4n) is 2.95. The van der Waals surface area contributed by atoms with Crippen molar-refractivity contribution in [3.8, 4) is 0 Å². The Labute approximate surface area is 154 Å². The Bertz CT molecular complexity index is 559. The van der Waals surface area contributed by atoms with E-state index in [1.165, 1.54) is 0 Å². The van der Waals surface area contributed by atoms with E-state index in [2.05, 4.69) is 10.2 Å². The molecule has 1 saturated heterocycles. The molecule has 7 heteroatoms. The summed E-state index contributed by atoms with van der Waals surface area (Å²) in [4.78, 5) is 27.8. The van der Waals surface area contributed by atoms with Gasteiger partial charge in [0.15, 0.2) is 0 Å². The van der Waals surface area contributed by atoms with Gasteiger partial charge in [-0.3, -0.25) is 10.1 Å². The molecule has 0 aliphatic carbocycles. The number of para-hydroxylation sites is 1. The van der Waals surface area contributed by atoms with Crippen LogP contribution in [0.3, 0.4) is 0 Å². The molecule has 2 amide bonds. The molecule has 7 nitrogen and oxygen atoms in total. The molecule has 1 aliphatic rings. The van der Waals surface area contributed by atoms with Gasteiger partial charge in [0.05, 0.1) is 0 Å². The predicted octanol–water partition coefficient (Wildman–Crippen LogP) is 1.93. The molecule has 144 valence electrons. The lowest BCUT2D eigenvalue weighted by Crippen LogP contribution is -2.40. The summed E-state index contributed by atoms with van der Waals surface area (Å²) in [5.41, 5.74) is 0.721. The minimum atomic E-state index is -0.421. The molecule has 0 saturated carbocycles. The van der Waals surface area contributed by atoms with E-state index < -0.39 is 6.09 Å². The van der Waals surface area contributed by atoms with Gasteiger partial charge in [0.25, 0.3) is 0 Å². The number of piperidine rings is 1. The second-order valence-corrected chi connectivity index (χ2v) is 6.58. The molecule has 0 radical (unpaired) electrons. The number of carbonyl (C=O) groups is 2. The summed E-state index contributed by atoms with van der Waals surface area (Å²) in [5.74, 6) is 0.0964. The second-order valence-electron chi connectivity index (χ2n) is 6.58. The van der Waals surface area contributed by atoms with Gasteiger partial charge in [0.1, 0.15) is 6.10 Å². The first-order valence-electron chi connectivity index (χ1n) is 9.18. The van der Waals surface area contributed by atoms with Crippen LogP contribution in [-0.4, -0.2) is 72.8 Å². The van der Waals surface area contributed by atoms with E-state index in [1.807, 2.05) is 30.3 Å². The van der Waals surface area contributed by atoms with Crippen LogP contribution in [0, 0.1) is 0 Å². The number of anilines is 1. The average Bonchev–Trinajstić information content (AvgIpc) is 2.66. The molecule has 0 spiro atoms. The van der Waals surface area contributed by atoms with Gasteiger partial charge in [0, 0.05) is 51.9 Å². The minimum absolute atomic E-state index is 0.0853. The highest BCUT2D eigenvalue weighted by Gasteiger charge is 2.23. The third kappa shape index (κ3) is 7.01. The molecule has 0 bridgehead atoms. The van der Waals surface area contributed by atoms with Gasteiger partial charge >= 0.3 is 6.09 Å². The molecule has 1 aromatic carbocycles. The highest BCUT2D eigenvalue weighted by Crippen LogP contribution is 2.15. The molecule has 1 heterocycles. The van der Waals surface area contributed by atoms with E-state index >= 15 is 0 Å². The number of carbonyl (C=O) groups excluding carboxylic acids is 2. The van der Waals surface area contributed by atoms with E-state index in [0.29, 0.717) is 25.9 Å². The van der Waals surface area contributed by atoms with Crippen LogP contribution in [0.15, 0.2) is 30.3 Å². The largest absolute Gasteiger partial charge is 0.446 e. The van der Waals surface area contributed by atoms with Crippen molar-refractivity contribution in [2.75, 3.05) is 45.2 Å². The summed E-state index contributed by atoms with van der Waals surface area (Å²) in [6.07, 6.45) is 2.12. The number of nitrogens with one attached hydrogen (secondary N) is 1. The summed E-state index contributed by atoms with van der Waals surface area (Å²) in [7, 11) is 1.77. The van der Waals surface area contributed by atoms with Crippen molar-refractivity contribution in [1.29, 1.82) is 0 Å². The Hall–Kier alpha value is -2.12. The maximum atomic E-state index is 12.0. The maximum Gasteiger partial charge on any atom is 0.411 e. The van der Waals surface area contributed by atoms with Crippen LogP contribution in [-0.2, 0) is 9.53 Å².